The van der Waals surface area contributed by atoms with Gasteiger partial charge in [0.15, 0.2) is 17.4 Å². The van der Waals surface area contributed by atoms with Gasteiger partial charge in [0.25, 0.3) is 5.56 Å². The summed E-state index contributed by atoms with van der Waals surface area (Å²) < 4.78 is 62.7. The van der Waals surface area contributed by atoms with Gasteiger partial charge in [-0.3, -0.25) is 19.0 Å². The normalized spacial score (nSPS) is 11.6. The van der Waals surface area contributed by atoms with Gasteiger partial charge in [0.05, 0.1) is 17.7 Å². The van der Waals surface area contributed by atoms with Gasteiger partial charge in [0.2, 0.25) is 5.91 Å². The molecule has 0 saturated heterocycles. The van der Waals surface area contributed by atoms with Crippen LogP contribution in [0.4, 0.5) is 23.4 Å². The van der Waals surface area contributed by atoms with Crippen LogP contribution in [0.2, 0.25) is 0 Å². The number of amides is 1. The number of rotatable bonds is 9. The number of nitrogens with zero attached hydrogens (tertiary/aromatic N) is 1. The number of aromatic nitrogens is 1. The predicted molar refractivity (Wildman–Crippen MR) is 122 cm³/mol. The van der Waals surface area contributed by atoms with Crippen molar-refractivity contribution in [3.05, 3.63) is 87.2 Å². The van der Waals surface area contributed by atoms with Crippen molar-refractivity contribution in [2.45, 2.75) is 19.4 Å². The monoisotopic (exact) mass is 521 g/mol. The van der Waals surface area contributed by atoms with Crippen molar-refractivity contribution < 1.29 is 41.8 Å². The fourth-order valence-corrected chi connectivity index (χ4v) is 3.43. The smallest absolute Gasteiger partial charge is 0.326 e. The van der Waals surface area contributed by atoms with Crippen molar-refractivity contribution in [1.29, 1.82) is 0 Å². The second-order valence-electron chi connectivity index (χ2n) is 7.72. The van der Waals surface area contributed by atoms with E-state index in [9.17, 15) is 36.7 Å². The molecule has 3 rings (SSSR count). The summed E-state index contributed by atoms with van der Waals surface area (Å²) in [5.41, 5.74) is 2.86. The molecule has 1 amide bonds. The number of halogens is 4. The van der Waals surface area contributed by atoms with Crippen LogP contribution in [-0.2, 0) is 9.59 Å². The SMILES string of the molecule is CC(=O)N[C@@H](CCOc1cc(F)c(-n2c(N)c(C(=O)c3ccc(F)cc3F)ccc2=O)c(F)c1)C(=O)O. The van der Waals surface area contributed by atoms with Crippen LogP contribution < -0.4 is 21.3 Å². The number of anilines is 1. The minimum absolute atomic E-state index is 0.226. The first-order valence-corrected chi connectivity index (χ1v) is 10.5. The zero-order valence-corrected chi connectivity index (χ0v) is 19.1. The van der Waals surface area contributed by atoms with E-state index < -0.39 is 75.2 Å². The fourth-order valence-electron chi connectivity index (χ4n) is 3.43. The van der Waals surface area contributed by atoms with E-state index in [0.29, 0.717) is 22.8 Å². The molecular weight excluding hydrogens is 502 g/mol. The maximum Gasteiger partial charge on any atom is 0.326 e. The average Bonchev–Trinajstić information content (AvgIpc) is 2.79. The molecular formula is C24H19F4N3O6. The molecule has 1 atom stereocenters. The van der Waals surface area contributed by atoms with Crippen LogP contribution in [0.1, 0.15) is 29.3 Å². The third-order valence-electron chi connectivity index (χ3n) is 5.12. The van der Waals surface area contributed by atoms with Crippen LogP contribution in [0.3, 0.4) is 0 Å². The number of nitrogens with two attached hydrogens (primary N) is 1. The zero-order chi connectivity index (χ0) is 27.4. The van der Waals surface area contributed by atoms with E-state index in [-0.39, 0.29) is 18.8 Å². The Kier molecular flexibility index (Phi) is 7.95. The zero-order valence-electron chi connectivity index (χ0n) is 19.1. The number of benzene rings is 2. The number of carbonyl (C=O) groups excluding carboxylic acids is 2. The highest BCUT2D eigenvalue weighted by Crippen LogP contribution is 2.27. The Bertz CT molecular complexity index is 1430. The van der Waals surface area contributed by atoms with Crippen molar-refractivity contribution in [3.63, 3.8) is 0 Å². The van der Waals surface area contributed by atoms with Gasteiger partial charge in [-0.1, -0.05) is 0 Å². The van der Waals surface area contributed by atoms with Gasteiger partial charge in [-0.05, 0) is 18.2 Å². The van der Waals surface area contributed by atoms with Crippen LogP contribution in [-0.4, -0.2) is 40.0 Å². The van der Waals surface area contributed by atoms with Gasteiger partial charge < -0.3 is 20.9 Å². The molecule has 0 unspecified atom stereocenters. The number of nitrogens with one attached hydrogen (secondary N) is 1. The molecule has 1 heterocycles. The highest BCUT2D eigenvalue weighted by molar-refractivity contribution is 6.11. The molecule has 0 radical (unpaired) electrons. The number of hydrogen-bond acceptors (Lipinski definition) is 6. The van der Waals surface area contributed by atoms with Crippen LogP contribution in [0.25, 0.3) is 5.69 Å². The number of carboxylic acid groups (broad SMARTS) is 1. The Hall–Kier alpha value is -4.68. The van der Waals surface area contributed by atoms with Gasteiger partial charge in [0, 0.05) is 37.6 Å². The standard InChI is InChI=1S/C24H19F4N3O6/c1-11(32)30-19(24(35)36)6-7-37-13-9-17(27)21(18(28)10-13)31-20(33)5-4-15(23(31)29)22(34)14-3-2-12(25)8-16(14)26/h2-5,8-10,19H,6-7,29H2,1H3,(H,30,32)(H,35,36)/t19-/m0/s1. The number of carbonyl (C=O) groups is 3. The Morgan fingerprint density at radius 3 is 2.19 bits per heavy atom. The molecule has 9 nitrogen and oxygen atoms in total. The van der Waals surface area contributed by atoms with E-state index in [2.05, 4.69) is 5.32 Å². The molecule has 13 heteroatoms. The molecule has 4 N–H and O–H groups in total. The maximum atomic E-state index is 14.9. The van der Waals surface area contributed by atoms with E-state index in [1.54, 1.807) is 0 Å². The van der Waals surface area contributed by atoms with E-state index in [1.807, 2.05) is 0 Å². The Morgan fingerprint density at radius 2 is 1.62 bits per heavy atom. The first kappa shape index (κ1) is 26.9. The summed E-state index contributed by atoms with van der Waals surface area (Å²) in [7, 11) is 0. The third kappa shape index (κ3) is 5.94. The van der Waals surface area contributed by atoms with Gasteiger partial charge in [-0.2, -0.15) is 0 Å². The average molecular weight is 521 g/mol. The van der Waals surface area contributed by atoms with Gasteiger partial charge >= 0.3 is 5.97 Å². The number of aliphatic carboxylic acids is 1. The quantitative estimate of drug-likeness (QED) is 0.290. The number of pyridine rings is 1. The number of ketones is 1. The minimum atomic E-state index is -1.34. The first-order valence-electron chi connectivity index (χ1n) is 10.5. The highest BCUT2D eigenvalue weighted by Gasteiger charge is 2.24. The number of nitrogen functional groups attached to an aromatic ring is 1. The third-order valence-corrected chi connectivity index (χ3v) is 5.12. The second kappa shape index (κ2) is 10.9. The summed E-state index contributed by atoms with van der Waals surface area (Å²) in [5, 5.41) is 11.3. The van der Waals surface area contributed by atoms with Gasteiger partial charge in [0.1, 0.15) is 34.9 Å². The molecule has 0 aliphatic rings. The van der Waals surface area contributed by atoms with E-state index in [0.717, 1.165) is 31.2 Å². The lowest BCUT2D eigenvalue weighted by Gasteiger charge is -2.16. The van der Waals surface area contributed by atoms with Gasteiger partial charge in [-0.15, -0.1) is 0 Å². The summed E-state index contributed by atoms with van der Waals surface area (Å²) >= 11 is 0. The number of ether oxygens (including phenoxy) is 1. The minimum Gasteiger partial charge on any atom is -0.493 e. The summed E-state index contributed by atoms with van der Waals surface area (Å²) in [6, 6.07) is 4.00. The summed E-state index contributed by atoms with van der Waals surface area (Å²) in [5.74, 6) is -8.84. The number of carboxylic acids is 1. The van der Waals surface area contributed by atoms with Crippen LogP contribution in [0, 0.1) is 23.3 Å². The van der Waals surface area contributed by atoms with E-state index in [1.165, 1.54) is 0 Å². The van der Waals surface area contributed by atoms with Gasteiger partial charge in [-0.25, -0.2) is 22.4 Å². The molecule has 0 fully saturated rings. The maximum absolute atomic E-state index is 14.9. The molecule has 0 aliphatic carbocycles. The van der Waals surface area contributed by atoms with Crippen LogP contribution in [0.5, 0.6) is 5.75 Å². The molecule has 194 valence electrons. The molecule has 37 heavy (non-hydrogen) atoms. The summed E-state index contributed by atoms with van der Waals surface area (Å²) in [6.07, 6.45) is -0.226. The molecule has 0 aliphatic heterocycles. The van der Waals surface area contributed by atoms with E-state index >= 15 is 0 Å². The molecule has 3 aromatic rings. The van der Waals surface area contributed by atoms with Crippen LogP contribution >= 0.6 is 0 Å². The molecule has 0 bridgehead atoms. The fraction of sp³-hybridized carbons (Fsp3) is 0.167. The van der Waals surface area contributed by atoms with Crippen LogP contribution in [0.15, 0.2) is 47.3 Å². The highest BCUT2D eigenvalue weighted by atomic mass is 19.1. The lowest BCUT2D eigenvalue weighted by Crippen LogP contribution is -2.40. The molecule has 1 aromatic heterocycles. The lowest BCUT2D eigenvalue weighted by atomic mass is 10.0. The molecule has 2 aromatic carbocycles. The summed E-state index contributed by atoms with van der Waals surface area (Å²) in [6.45, 7) is 0.775. The van der Waals surface area contributed by atoms with Crippen molar-refractivity contribution in [2.24, 2.45) is 0 Å². The molecule has 0 saturated carbocycles. The largest absolute Gasteiger partial charge is 0.493 e. The Labute approximate surface area is 206 Å². The first-order chi connectivity index (χ1) is 17.4. The van der Waals surface area contributed by atoms with Crippen molar-refractivity contribution >= 4 is 23.5 Å². The summed E-state index contributed by atoms with van der Waals surface area (Å²) in [4.78, 5) is 47.5. The van der Waals surface area contributed by atoms with Crippen molar-refractivity contribution in [2.75, 3.05) is 12.3 Å². The number of hydrogen-bond donors (Lipinski definition) is 3. The Morgan fingerprint density at radius 1 is 1.00 bits per heavy atom. The second-order valence-corrected chi connectivity index (χ2v) is 7.72. The topological polar surface area (TPSA) is 141 Å². The van der Waals surface area contributed by atoms with E-state index in [4.69, 9.17) is 15.6 Å². The van der Waals surface area contributed by atoms with Crippen molar-refractivity contribution in [3.8, 4) is 11.4 Å². The predicted octanol–water partition coefficient (Wildman–Crippen LogP) is 2.57. The van der Waals surface area contributed by atoms with Crippen molar-refractivity contribution in [1.82, 2.24) is 9.88 Å². The molecule has 0 spiro atoms. The lowest BCUT2D eigenvalue weighted by molar-refractivity contribution is -0.141. The Balaban J connectivity index is 1.93.